The third kappa shape index (κ3) is 4.58. The number of nitrogens with zero attached hydrogens (tertiary/aromatic N) is 3. The van der Waals surface area contributed by atoms with Crippen LogP contribution in [0.25, 0.3) is 11.4 Å². The van der Waals surface area contributed by atoms with Crippen molar-refractivity contribution in [2.45, 2.75) is 6.92 Å². The van der Waals surface area contributed by atoms with E-state index in [0.29, 0.717) is 17.1 Å². The van der Waals surface area contributed by atoms with Crippen LogP contribution < -0.4 is 19.1 Å². The Hall–Kier alpha value is -3.56. The van der Waals surface area contributed by atoms with Gasteiger partial charge in [-0.2, -0.15) is 0 Å². The van der Waals surface area contributed by atoms with Crippen LogP contribution in [-0.2, 0) is 4.79 Å². The molecular formula is C18H23N3O7. The second-order valence-electron chi connectivity index (χ2n) is 5.58. The molecular weight excluding hydrogens is 370 g/mol. The number of ether oxygens (including phenoxy) is 3. The summed E-state index contributed by atoms with van der Waals surface area (Å²) in [6.07, 6.45) is 1.67. The number of rotatable bonds is 6. The third-order valence-corrected chi connectivity index (χ3v) is 3.64. The lowest BCUT2D eigenvalue weighted by atomic mass is 10.1. The van der Waals surface area contributed by atoms with Crippen LogP contribution in [0.2, 0.25) is 0 Å². The van der Waals surface area contributed by atoms with Crippen LogP contribution >= 0.6 is 0 Å². The van der Waals surface area contributed by atoms with Gasteiger partial charge >= 0.3 is 5.97 Å². The van der Waals surface area contributed by atoms with Crippen molar-refractivity contribution in [2.24, 2.45) is 0 Å². The molecule has 0 atom stereocenters. The number of carbonyl (C=O) groups is 2. The van der Waals surface area contributed by atoms with Crippen molar-refractivity contribution in [1.82, 2.24) is 9.97 Å². The van der Waals surface area contributed by atoms with Gasteiger partial charge < -0.3 is 29.3 Å². The molecule has 2 aromatic rings. The van der Waals surface area contributed by atoms with Crippen LogP contribution in [0.15, 0.2) is 12.3 Å². The maximum Gasteiger partial charge on any atom is 0.339 e. The average Bonchev–Trinajstić information content (AvgIpc) is 2.66. The highest BCUT2D eigenvalue weighted by Gasteiger charge is 2.26. The van der Waals surface area contributed by atoms with Gasteiger partial charge in [-0.25, -0.2) is 14.8 Å². The fraction of sp³-hybridized carbons (Fsp3) is 0.333. The van der Waals surface area contributed by atoms with Gasteiger partial charge in [0.05, 0.1) is 26.9 Å². The Bertz CT molecular complexity index is 854. The van der Waals surface area contributed by atoms with E-state index in [0.717, 1.165) is 11.4 Å². The molecule has 2 N–H and O–H groups in total. The summed E-state index contributed by atoms with van der Waals surface area (Å²) < 4.78 is 16.0. The SMILES string of the molecule is COc1c(C(=O)O)cc(-c2ncc(C)c(N(C)C)n2)c(OC)c1OC.O=CO. The highest BCUT2D eigenvalue weighted by molar-refractivity contribution is 5.95. The number of benzene rings is 1. The molecule has 0 saturated heterocycles. The molecule has 1 heterocycles. The molecule has 28 heavy (non-hydrogen) atoms. The van der Waals surface area contributed by atoms with E-state index in [2.05, 4.69) is 9.97 Å². The maximum atomic E-state index is 11.6. The highest BCUT2D eigenvalue weighted by atomic mass is 16.5. The first kappa shape index (κ1) is 22.5. The van der Waals surface area contributed by atoms with Gasteiger partial charge in [0, 0.05) is 25.9 Å². The maximum absolute atomic E-state index is 11.6. The third-order valence-electron chi connectivity index (χ3n) is 3.64. The molecule has 10 heteroatoms. The quantitative estimate of drug-likeness (QED) is 0.702. The molecule has 152 valence electrons. The number of hydrogen-bond donors (Lipinski definition) is 2. The van der Waals surface area contributed by atoms with Gasteiger partial charge in [0.1, 0.15) is 11.4 Å². The summed E-state index contributed by atoms with van der Waals surface area (Å²) in [6.45, 7) is 1.65. The second-order valence-corrected chi connectivity index (χ2v) is 5.58. The Balaban J connectivity index is 0.00000122. The predicted molar refractivity (Wildman–Crippen MR) is 102 cm³/mol. The van der Waals surface area contributed by atoms with E-state index >= 15 is 0 Å². The zero-order chi connectivity index (χ0) is 21.4. The number of carboxylic acid groups (broad SMARTS) is 2. The Morgan fingerprint density at radius 1 is 1.11 bits per heavy atom. The number of carboxylic acids is 1. The van der Waals surface area contributed by atoms with Crippen molar-refractivity contribution in [2.75, 3.05) is 40.3 Å². The highest BCUT2D eigenvalue weighted by Crippen LogP contribution is 2.46. The van der Waals surface area contributed by atoms with Crippen LogP contribution in [0, 0.1) is 6.92 Å². The molecule has 0 radical (unpaired) electrons. The molecule has 1 aromatic heterocycles. The fourth-order valence-electron chi connectivity index (χ4n) is 2.55. The van der Waals surface area contributed by atoms with Crippen LogP contribution in [0.4, 0.5) is 5.82 Å². The summed E-state index contributed by atoms with van der Waals surface area (Å²) in [4.78, 5) is 30.7. The molecule has 0 bridgehead atoms. The molecule has 0 spiro atoms. The van der Waals surface area contributed by atoms with Crippen molar-refractivity contribution < 1.29 is 34.0 Å². The monoisotopic (exact) mass is 393 g/mol. The van der Waals surface area contributed by atoms with Gasteiger partial charge in [0.15, 0.2) is 17.3 Å². The van der Waals surface area contributed by atoms with E-state index in [1.165, 1.54) is 27.4 Å². The number of hydrogen-bond acceptors (Lipinski definition) is 8. The Morgan fingerprint density at radius 3 is 2.07 bits per heavy atom. The number of aromatic carboxylic acids is 1. The fourth-order valence-corrected chi connectivity index (χ4v) is 2.55. The minimum absolute atomic E-state index is 0.0641. The van der Waals surface area contributed by atoms with E-state index in [4.69, 9.17) is 24.1 Å². The predicted octanol–water partition coefficient (Wildman–Crippen LogP) is 1.94. The first-order chi connectivity index (χ1) is 13.3. The molecule has 0 fully saturated rings. The van der Waals surface area contributed by atoms with Gasteiger partial charge in [0.2, 0.25) is 5.75 Å². The summed E-state index contributed by atoms with van der Waals surface area (Å²) in [6, 6.07) is 1.42. The standard InChI is InChI=1S/C17H21N3O5.CH2O2/c1-9-8-18-15(19-16(9)20(2)3)10-7-11(17(21)22)13(24-5)14(25-6)12(10)23-4;2-1-3/h7-8H,1-6H3,(H,21,22);1H,(H,2,3). The normalized spacial score (nSPS) is 9.64. The molecule has 2 rings (SSSR count). The van der Waals surface area contributed by atoms with Crippen LogP contribution in [0.1, 0.15) is 15.9 Å². The van der Waals surface area contributed by atoms with Crippen molar-refractivity contribution >= 4 is 18.3 Å². The zero-order valence-electron chi connectivity index (χ0n) is 16.5. The lowest BCUT2D eigenvalue weighted by molar-refractivity contribution is -0.122. The molecule has 0 aliphatic heterocycles. The van der Waals surface area contributed by atoms with Gasteiger partial charge in [0.25, 0.3) is 6.47 Å². The van der Waals surface area contributed by atoms with Gasteiger partial charge in [-0.05, 0) is 13.0 Å². The topological polar surface area (TPSA) is 131 Å². The van der Waals surface area contributed by atoms with Gasteiger partial charge in [-0.3, -0.25) is 4.79 Å². The molecule has 0 aliphatic rings. The van der Waals surface area contributed by atoms with Gasteiger partial charge in [-0.1, -0.05) is 0 Å². The summed E-state index contributed by atoms with van der Waals surface area (Å²) >= 11 is 0. The molecule has 1 aromatic carbocycles. The summed E-state index contributed by atoms with van der Waals surface area (Å²) in [7, 11) is 7.98. The van der Waals surface area contributed by atoms with Crippen molar-refractivity contribution in [3.05, 3.63) is 23.4 Å². The van der Waals surface area contributed by atoms with Crippen LogP contribution in [-0.4, -0.2) is 68.0 Å². The molecule has 0 unspecified atom stereocenters. The Morgan fingerprint density at radius 2 is 1.64 bits per heavy atom. The van der Waals surface area contributed by atoms with E-state index in [1.54, 1.807) is 6.20 Å². The smallest absolute Gasteiger partial charge is 0.339 e. The van der Waals surface area contributed by atoms with Gasteiger partial charge in [-0.15, -0.1) is 0 Å². The molecule has 0 amide bonds. The van der Waals surface area contributed by atoms with Crippen LogP contribution in [0.5, 0.6) is 17.2 Å². The Labute approximate surface area is 162 Å². The first-order valence-corrected chi connectivity index (χ1v) is 7.92. The molecule has 0 aliphatic carbocycles. The number of methoxy groups -OCH3 is 3. The van der Waals surface area contributed by atoms with Crippen molar-refractivity contribution in [3.63, 3.8) is 0 Å². The number of aryl methyl sites for hydroxylation is 1. The first-order valence-electron chi connectivity index (χ1n) is 7.92. The van der Waals surface area contributed by atoms with Crippen LogP contribution in [0.3, 0.4) is 0 Å². The lowest BCUT2D eigenvalue weighted by Crippen LogP contribution is -2.13. The number of aromatic nitrogens is 2. The van der Waals surface area contributed by atoms with E-state index in [1.807, 2.05) is 25.9 Å². The van der Waals surface area contributed by atoms with E-state index < -0.39 is 5.97 Å². The minimum Gasteiger partial charge on any atom is -0.492 e. The molecule has 10 nitrogen and oxygen atoms in total. The zero-order valence-corrected chi connectivity index (χ0v) is 16.5. The largest absolute Gasteiger partial charge is 0.492 e. The molecule has 0 saturated carbocycles. The lowest BCUT2D eigenvalue weighted by Gasteiger charge is -2.19. The Kier molecular flexibility index (Phi) is 7.99. The second kappa shape index (κ2) is 9.95. The van der Waals surface area contributed by atoms with E-state index in [9.17, 15) is 9.90 Å². The summed E-state index contributed by atoms with van der Waals surface area (Å²) in [5.74, 6) is 0.455. The minimum atomic E-state index is -1.15. The number of anilines is 1. The summed E-state index contributed by atoms with van der Waals surface area (Å²) in [5.41, 5.74) is 1.23. The van der Waals surface area contributed by atoms with Crippen molar-refractivity contribution in [3.8, 4) is 28.6 Å². The average molecular weight is 393 g/mol. The summed E-state index contributed by atoms with van der Waals surface area (Å²) in [5, 5.41) is 16.4. The van der Waals surface area contributed by atoms with Crippen molar-refractivity contribution in [1.29, 1.82) is 0 Å². The van der Waals surface area contributed by atoms with E-state index in [-0.39, 0.29) is 23.5 Å².